The molecule has 0 radical (unpaired) electrons. The number of amides is 1. The van der Waals surface area contributed by atoms with Gasteiger partial charge in [0.2, 0.25) is 16.2 Å². The molecule has 3 aromatic carbocycles. The lowest BCUT2D eigenvalue weighted by molar-refractivity contribution is -0.132. The zero-order valence-corrected chi connectivity index (χ0v) is 32.9. The molecule has 7 rings (SSSR count). The van der Waals surface area contributed by atoms with E-state index in [0.717, 1.165) is 73.0 Å². The number of rotatable bonds is 11. The highest BCUT2D eigenvalue weighted by Gasteiger charge is 2.25. The first-order valence-electron chi connectivity index (χ1n) is 17.2. The lowest BCUT2D eigenvalue weighted by atomic mass is 9.89. The summed E-state index contributed by atoms with van der Waals surface area (Å²) in [6.07, 6.45) is 7.28. The molecule has 2 saturated heterocycles. The summed E-state index contributed by atoms with van der Waals surface area (Å²) in [5, 5.41) is 3.89. The van der Waals surface area contributed by atoms with E-state index in [9.17, 15) is 26.0 Å². The molecule has 0 aliphatic carbocycles. The van der Waals surface area contributed by atoms with Gasteiger partial charge in [-0.25, -0.2) is 31.2 Å². The van der Waals surface area contributed by atoms with Crippen molar-refractivity contribution >= 4 is 70.9 Å². The molecule has 2 fully saturated rings. The number of carbonyl (C=O) groups is 1. The smallest absolute Gasteiger partial charge is 0.263 e. The summed E-state index contributed by atoms with van der Waals surface area (Å²) in [4.78, 5) is 22.5. The number of nitrogens with zero attached hydrogens (tertiary/aromatic N) is 5. The average Bonchev–Trinajstić information content (AvgIpc) is 3.90. The van der Waals surface area contributed by atoms with E-state index < -0.39 is 25.9 Å². The number of piperidine rings is 2. The topological polar surface area (TPSA) is 176 Å². The van der Waals surface area contributed by atoms with Crippen molar-refractivity contribution in [3.8, 4) is 0 Å². The second-order valence-corrected chi connectivity index (χ2v) is 18.1. The Morgan fingerprint density at radius 2 is 1.28 bits per heavy atom. The van der Waals surface area contributed by atoms with E-state index in [1.807, 2.05) is 29.2 Å². The first-order valence-corrected chi connectivity index (χ1v) is 22.1. The normalized spacial score (nSPS) is 15.6. The van der Waals surface area contributed by atoms with Crippen LogP contribution in [-0.4, -0.2) is 72.5 Å². The zero-order valence-electron chi connectivity index (χ0n) is 28.9. The third kappa shape index (κ3) is 10.6. The van der Waals surface area contributed by atoms with Crippen molar-refractivity contribution in [2.24, 2.45) is 0 Å². The number of hydrogen-bond donors (Lipinski definition) is 3. The highest BCUT2D eigenvalue weighted by molar-refractivity contribution is 7.93. The summed E-state index contributed by atoms with van der Waals surface area (Å²) < 4.78 is 75.0. The predicted octanol–water partition coefficient (Wildman–Crippen LogP) is 6.28. The van der Waals surface area contributed by atoms with E-state index in [0.29, 0.717) is 31.8 Å². The van der Waals surface area contributed by atoms with Crippen LogP contribution in [0.1, 0.15) is 60.6 Å². The van der Waals surface area contributed by atoms with Gasteiger partial charge in [-0.1, -0.05) is 41.9 Å². The molecular weight excluding hydrogens is 795 g/mol. The lowest BCUT2D eigenvalue weighted by Gasteiger charge is -2.32. The fraction of sp³-hybridized carbons (Fsp3) is 0.343. The Hall–Kier alpha value is -4.07. The molecule has 1 amide bonds. The number of carbonyl (C=O) groups excluding carboxylic acids is 1. The minimum Gasteiger partial charge on any atom is -0.343 e. The number of anilines is 2. The monoisotopic (exact) mass is 832 g/mol. The Morgan fingerprint density at radius 3 is 1.74 bits per heavy atom. The Kier molecular flexibility index (Phi) is 13.2. The minimum absolute atomic E-state index is 0.0653. The van der Waals surface area contributed by atoms with E-state index in [2.05, 4.69) is 33.5 Å². The molecule has 19 heteroatoms. The van der Waals surface area contributed by atoms with E-state index in [4.69, 9.17) is 11.6 Å². The van der Waals surface area contributed by atoms with Gasteiger partial charge in [0.05, 0.1) is 14.8 Å². The number of benzene rings is 3. The van der Waals surface area contributed by atoms with E-state index in [1.54, 1.807) is 36.4 Å². The third-order valence-corrected chi connectivity index (χ3v) is 13.7. The molecule has 0 saturated carbocycles. The molecule has 2 aliphatic rings. The molecule has 0 bridgehead atoms. The van der Waals surface area contributed by atoms with Gasteiger partial charge in [-0.05, 0) is 110 Å². The Bertz CT molecular complexity index is 2200. The van der Waals surface area contributed by atoms with Crippen molar-refractivity contribution in [2.75, 3.05) is 35.6 Å². The largest absolute Gasteiger partial charge is 0.343 e. The van der Waals surface area contributed by atoms with Crippen molar-refractivity contribution in [3.63, 3.8) is 0 Å². The minimum atomic E-state index is -3.71. The van der Waals surface area contributed by atoms with Crippen molar-refractivity contribution in [1.82, 2.24) is 28.9 Å². The van der Waals surface area contributed by atoms with Crippen LogP contribution in [0.3, 0.4) is 0 Å². The van der Waals surface area contributed by atoms with Crippen molar-refractivity contribution in [2.45, 2.75) is 60.2 Å². The van der Waals surface area contributed by atoms with Crippen LogP contribution in [0.15, 0.2) is 89.2 Å². The van der Waals surface area contributed by atoms with Gasteiger partial charge in [0.25, 0.3) is 20.0 Å². The molecule has 2 aromatic heterocycles. The molecule has 0 unspecified atom stereocenters. The average molecular weight is 833 g/mol. The van der Waals surface area contributed by atoms with Gasteiger partial charge in [-0.3, -0.25) is 14.2 Å². The first kappa shape index (κ1) is 39.6. The van der Waals surface area contributed by atoms with Crippen molar-refractivity contribution in [3.05, 3.63) is 107 Å². The van der Waals surface area contributed by atoms with Gasteiger partial charge < -0.3 is 10.2 Å². The van der Waals surface area contributed by atoms with Gasteiger partial charge >= 0.3 is 0 Å². The summed E-state index contributed by atoms with van der Waals surface area (Å²) in [6, 6.07) is 18.5. The van der Waals surface area contributed by atoms with Crippen LogP contribution < -0.4 is 14.8 Å². The van der Waals surface area contributed by atoms with Gasteiger partial charge in [-0.15, -0.1) is 0 Å². The van der Waals surface area contributed by atoms with Crippen LogP contribution >= 0.6 is 34.7 Å². The summed E-state index contributed by atoms with van der Waals surface area (Å²) in [5.41, 5.74) is 3.09. The molecule has 5 aromatic rings. The molecule has 2 aliphatic heterocycles. The highest BCUT2D eigenvalue weighted by atomic mass is 35.5. The number of halogens is 2. The quantitative estimate of drug-likeness (QED) is 0.137. The first-order chi connectivity index (χ1) is 26.0. The maximum Gasteiger partial charge on any atom is 0.263 e. The number of hydrogen-bond acceptors (Lipinski definition) is 12. The van der Waals surface area contributed by atoms with Crippen LogP contribution in [0.2, 0.25) is 5.02 Å². The Labute approximate surface area is 326 Å². The number of sulfonamides is 2. The predicted molar refractivity (Wildman–Crippen MR) is 207 cm³/mol. The molecule has 286 valence electrons. The van der Waals surface area contributed by atoms with Crippen LogP contribution in [0.4, 0.5) is 14.7 Å². The summed E-state index contributed by atoms with van der Waals surface area (Å²) in [5.74, 6) is 0.377. The molecule has 13 nitrogen and oxygen atoms in total. The Balaban J connectivity index is 0.000000203. The van der Waals surface area contributed by atoms with E-state index >= 15 is 0 Å². The van der Waals surface area contributed by atoms with Crippen LogP contribution in [0.5, 0.6) is 0 Å². The molecule has 0 atom stereocenters. The van der Waals surface area contributed by atoms with Crippen molar-refractivity contribution in [1.29, 1.82) is 0 Å². The number of likely N-dealkylation sites (tertiary alicyclic amines) is 1. The number of aromatic nitrogens is 4. The SMILES string of the molecule is O=C(CCc1ccc(F)c(Cl)c1)N1CCC(c2ccc(S(=O)(=O)Nc3ncns3)cc2)CC1.O=S(=O)(Nc1ncns1)c1ccc(C2CCNCC2)cc1. The standard InChI is InChI=1S/C22H22ClFN4O3S2.C13H16N4O2S2/c23-19-13-15(1-7-20(19)24)2-8-21(29)28-11-9-17(10-12-28)16-3-5-18(6-4-16)33(30,31)27-22-25-14-26-32-22;18-21(19,17-13-15-9-16-20-13)12-3-1-10(2-4-12)11-5-7-14-8-6-11/h1,3-7,13-14,17H,2,8-12H2,(H,25,26,27);1-4,9,11,14H,5-8H2,(H,15,16,17). The molecule has 0 spiro atoms. The van der Waals surface area contributed by atoms with Gasteiger partial charge in [0.1, 0.15) is 18.5 Å². The molecule has 54 heavy (non-hydrogen) atoms. The summed E-state index contributed by atoms with van der Waals surface area (Å²) in [6.45, 7) is 3.32. The maximum absolute atomic E-state index is 13.3. The van der Waals surface area contributed by atoms with E-state index in [1.165, 1.54) is 24.3 Å². The van der Waals surface area contributed by atoms with Crippen molar-refractivity contribution < 1.29 is 26.0 Å². The molecular formula is C35H38ClFN8O5S4. The zero-order chi connectivity index (χ0) is 38.1. The second kappa shape index (κ2) is 18.0. The second-order valence-electron chi connectivity index (χ2n) is 12.8. The molecule has 4 heterocycles. The van der Waals surface area contributed by atoms with Crippen LogP contribution in [0, 0.1) is 5.82 Å². The van der Waals surface area contributed by atoms with Gasteiger partial charge in [-0.2, -0.15) is 8.75 Å². The Morgan fingerprint density at radius 1 is 0.778 bits per heavy atom. The third-order valence-electron chi connectivity index (χ3n) is 9.29. The van der Waals surface area contributed by atoms with E-state index in [-0.39, 0.29) is 36.9 Å². The fourth-order valence-electron chi connectivity index (χ4n) is 6.34. The maximum atomic E-state index is 13.3. The van der Waals surface area contributed by atoms with Crippen LogP contribution in [-0.2, 0) is 31.3 Å². The number of nitrogens with one attached hydrogen (secondary N) is 3. The van der Waals surface area contributed by atoms with Gasteiger partial charge in [0, 0.05) is 42.6 Å². The summed E-state index contributed by atoms with van der Waals surface area (Å²) >= 11 is 7.79. The summed E-state index contributed by atoms with van der Waals surface area (Å²) in [7, 11) is -7.29. The lowest BCUT2D eigenvalue weighted by Crippen LogP contribution is -2.38. The van der Waals surface area contributed by atoms with Crippen LogP contribution in [0.25, 0.3) is 0 Å². The fourth-order valence-corrected chi connectivity index (χ4v) is 9.87. The van der Waals surface area contributed by atoms with Gasteiger partial charge in [0.15, 0.2) is 0 Å². The molecule has 3 N–H and O–H groups in total. The number of aryl methyl sites for hydroxylation is 1. The highest BCUT2D eigenvalue weighted by Crippen LogP contribution is 2.30.